The third-order valence-electron chi connectivity index (χ3n) is 4.82. The van der Waals surface area contributed by atoms with E-state index < -0.39 is 5.92 Å². The van der Waals surface area contributed by atoms with Gasteiger partial charge in [0, 0.05) is 12.8 Å². The lowest BCUT2D eigenvalue weighted by atomic mass is 9.48. The van der Waals surface area contributed by atoms with Crippen LogP contribution in [0.2, 0.25) is 0 Å². The third-order valence-corrected chi connectivity index (χ3v) is 4.82. The van der Waals surface area contributed by atoms with E-state index in [-0.39, 0.29) is 23.7 Å². The van der Waals surface area contributed by atoms with Crippen molar-refractivity contribution in [2.75, 3.05) is 6.54 Å². The summed E-state index contributed by atoms with van der Waals surface area (Å²) in [5, 5.41) is 0. The predicted molar refractivity (Wildman–Crippen MR) is 56.9 cm³/mol. The maximum atomic E-state index is 13.1. The molecule has 1 nitrogen and oxygen atoms in total. The van der Waals surface area contributed by atoms with Crippen molar-refractivity contribution in [1.82, 2.24) is 0 Å². The molecule has 2 aliphatic carbocycles. The summed E-state index contributed by atoms with van der Waals surface area (Å²) in [5.41, 5.74) is 5.58. The van der Waals surface area contributed by atoms with Crippen molar-refractivity contribution in [3.8, 4) is 0 Å². The van der Waals surface area contributed by atoms with Gasteiger partial charge in [0.15, 0.2) is 0 Å². The van der Waals surface area contributed by atoms with E-state index >= 15 is 0 Å². The van der Waals surface area contributed by atoms with Crippen LogP contribution in [0.25, 0.3) is 0 Å². The Kier molecular flexibility index (Phi) is 2.57. The molecular formula is C12H21F2N. The van der Waals surface area contributed by atoms with Crippen LogP contribution in [0.15, 0.2) is 0 Å². The second kappa shape index (κ2) is 3.41. The average molecular weight is 217 g/mol. The van der Waals surface area contributed by atoms with Gasteiger partial charge in [-0.3, -0.25) is 0 Å². The third kappa shape index (κ3) is 1.69. The number of rotatable bonds is 2. The van der Waals surface area contributed by atoms with Gasteiger partial charge >= 0.3 is 0 Å². The lowest BCUT2D eigenvalue weighted by Gasteiger charge is -2.58. The normalized spacial score (nSPS) is 32.0. The van der Waals surface area contributed by atoms with E-state index in [1.54, 1.807) is 0 Å². The summed E-state index contributed by atoms with van der Waals surface area (Å²) in [7, 11) is 0. The zero-order chi connectivity index (χ0) is 11.2. The molecule has 2 aliphatic rings. The fourth-order valence-electron chi connectivity index (χ4n) is 3.62. The van der Waals surface area contributed by atoms with Crippen LogP contribution in [-0.2, 0) is 0 Å². The van der Waals surface area contributed by atoms with Crippen LogP contribution in [0.5, 0.6) is 0 Å². The van der Waals surface area contributed by atoms with E-state index in [0.29, 0.717) is 6.54 Å². The first-order valence-electron chi connectivity index (χ1n) is 6.01. The van der Waals surface area contributed by atoms with Crippen LogP contribution in [0, 0.1) is 10.8 Å². The standard InChI is InChI=1S/C12H21F2N/c1-10(5-3-2-4-6-10)11(9-15)7-12(13,14)8-11/h2-9,15H2,1H3. The van der Waals surface area contributed by atoms with Crippen molar-refractivity contribution in [3.63, 3.8) is 0 Å². The highest BCUT2D eigenvalue weighted by atomic mass is 19.3. The molecule has 88 valence electrons. The van der Waals surface area contributed by atoms with Crippen LogP contribution in [0.1, 0.15) is 51.9 Å². The Labute approximate surface area is 90.4 Å². The smallest absolute Gasteiger partial charge is 0.249 e. The fraction of sp³-hybridized carbons (Fsp3) is 1.00. The summed E-state index contributed by atoms with van der Waals surface area (Å²) in [6, 6.07) is 0. The van der Waals surface area contributed by atoms with Crippen LogP contribution in [0.3, 0.4) is 0 Å². The predicted octanol–water partition coefficient (Wildman–Crippen LogP) is 3.33. The molecule has 0 radical (unpaired) electrons. The maximum absolute atomic E-state index is 13.1. The molecular weight excluding hydrogens is 196 g/mol. The molecule has 0 amide bonds. The lowest BCUT2D eigenvalue weighted by Crippen LogP contribution is -2.59. The quantitative estimate of drug-likeness (QED) is 0.754. The summed E-state index contributed by atoms with van der Waals surface area (Å²) >= 11 is 0. The van der Waals surface area contributed by atoms with Crippen LogP contribution < -0.4 is 5.73 Å². The minimum Gasteiger partial charge on any atom is -0.330 e. The second-order valence-electron chi connectivity index (χ2n) is 5.82. The van der Waals surface area contributed by atoms with Gasteiger partial charge in [-0.05, 0) is 30.2 Å². The molecule has 0 unspecified atom stereocenters. The Balaban J connectivity index is 2.13. The highest BCUT2D eigenvalue weighted by molar-refractivity contribution is 5.08. The van der Waals surface area contributed by atoms with Gasteiger partial charge in [-0.15, -0.1) is 0 Å². The Morgan fingerprint density at radius 1 is 1.07 bits per heavy atom. The number of hydrogen-bond donors (Lipinski definition) is 1. The van der Waals surface area contributed by atoms with E-state index in [4.69, 9.17) is 5.73 Å². The Morgan fingerprint density at radius 2 is 1.60 bits per heavy atom. The highest BCUT2D eigenvalue weighted by Crippen LogP contribution is 2.64. The van der Waals surface area contributed by atoms with Crippen molar-refractivity contribution < 1.29 is 8.78 Å². The molecule has 2 saturated carbocycles. The molecule has 0 aromatic carbocycles. The molecule has 0 aromatic rings. The number of alkyl halides is 2. The maximum Gasteiger partial charge on any atom is 0.249 e. The first-order chi connectivity index (χ1) is 6.93. The molecule has 3 heteroatoms. The number of hydrogen-bond acceptors (Lipinski definition) is 1. The molecule has 2 rings (SSSR count). The van der Waals surface area contributed by atoms with Gasteiger partial charge in [-0.2, -0.15) is 0 Å². The van der Waals surface area contributed by atoms with Crippen molar-refractivity contribution in [3.05, 3.63) is 0 Å². The molecule has 2 fully saturated rings. The summed E-state index contributed by atoms with van der Waals surface area (Å²) < 4.78 is 26.2. The monoisotopic (exact) mass is 217 g/mol. The van der Waals surface area contributed by atoms with E-state index in [1.807, 2.05) is 0 Å². The van der Waals surface area contributed by atoms with Gasteiger partial charge in [0.2, 0.25) is 5.92 Å². The Morgan fingerprint density at radius 3 is 2.00 bits per heavy atom. The molecule has 0 atom stereocenters. The molecule has 0 aromatic heterocycles. The van der Waals surface area contributed by atoms with Crippen molar-refractivity contribution in [1.29, 1.82) is 0 Å². The Hall–Kier alpha value is -0.180. The summed E-state index contributed by atoms with van der Waals surface area (Å²) in [4.78, 5) is 0. The fourth-order valence-corrected chi connectivity index (χ4v) is 3.62. The molecule has 0 aliphatic heterocycles. The van der Waals surface area contributed by atoms with E-state index in [1.165, 1.54) is 19.3 Å². The number of halogens is 2. The topological polar surface area (TPSA) is 26.0 Å². The minimum absolute atomic E-state index is 0.0208. The second-order valence-corrected chi connectivity index (χ2v) is 5.82. The van der Waals surface area contributed by atoms with Crippen molar-refractivity contribution in [2.45, 2.75) is 57.8 Å². The lowest BCUT2D eigenvalue weighted by molar-refractivity contribution is -0.210. The van der Waals surface area contributed by atoms with Gasteiger partial charge < -0.3 is 5.73 Å². The van der Waals surface area contributed by atoms with E-state index in [0.717, 1.165) is 12.8 Å². The molecule has 0 saturated heterocycles. The summed E-state index contributed by atoms with van der Waals surface area (Å²) in [6.07, 6.45) is 5.83. The summed E-state index contributed by atoms with van der Waals surface area (Å²) in [6.45, 7) is 2.60. The van der Waals surface area contributed by atoms with Gasteiger partial charge in [-0.1, -0.05) is 26.2 Å². The van der Waals surface area contributed by atoms with Gasteiger partial charge in [0.1, 0.15) is 0 Å². The SMILES string of the molecule is CC1(C2(CN)CC(F)(F)C2)CCCCC1. The summed E-state index contributed by atoms with van der Waals surface area (Å²) in [5.74, 6) is -2.44. The zero-order valence-corrected chi connectivity index (χ0v) is 9.49. The molecule has 0 bridgehead atoms. The van der Waals surface area contributed by atoms with Crippen molar-refractivity contribution in [2.24, 2.45) is 16.6 Å². The molecule has 0 spiro atoms. The molecule has 0 heterocycles. The zero-order valence-electron chi connectivity index (χ0n) is 9.49. The number of nitrogens with two attached hydrogens (primary N) is 1. The molecule has 15 heavy (non-hydrogen) atoms. The average Bonchev–Trinajstić information content (AvgIpc) is 2.14. The minimum atomic E-state index is -2.44. The van der Waals surface area contributed by atoms with Crippen molar-refractivity contribution >= 4 is 0 Å². The first-order valence-corrected chi connectivity index (χ1v) is 6.01. The van der Waals surface area contributed by atoms with Crippen LogP contribution in [-0.4, -0.2) is 12.5 Å². The Bertz CT molecular complexity index is 236. The first kappa shape index (κ1) is 11.3. The van der Waals surface area contributed by atoms with Gasteiger partial charge in [0.25, 0.3) is 0 Å². The van der Waals surface area contributed by atoms with Gasteiger partial charge in [0.05, 0.1) is 0 Å². The molecule has 2 N–H and O–H groups in total. The van der Waals surface area contributed by atoms with E-state index in [2.05, 4.69) is 6.92 Å². The largest absolute Gasteiger partial charge is 0.330 e. The highest BCUT2D eigenvalue weighted by Gasteiger charge is 2.63. The van der Waals surface area contributed by atoms with Gasteiger partial charge in [-0.25, -0.2) is 8.78 Å². The van der Waals surface area contributed by atoms with Crippen LogP contribution >= 0.6 is 0 Å². The van der Waals surface area contributed by atoms with E-state index in [9.17, 15) is 8.78 Å². The van der Waals surface area contributed by atoms with Crippen LogP contribution in [0.4, 0.5) is 8.78 Å².